The van der Waals surface area contributed by atoms with Crippen LogP contribution in [0.5, 0.6) is 0 Å². The van der Waals surface area contributed by atoms with Crippen LogP contribution in [0.2, 0.25) is 10.0 Å². The summed E-state index contributed by atoms with van der Waals surface area (Å²) >= 11 is 11.5. The van der Waals surface area contributed by atoms with Crippen LogP contribution < -0.4 is 11.0 Å². The summed E-state index contributed by atoms with van der Waals surface area (Å²) in [7, 11) is 1.58. The SMILES string of the molecule is CNCc1cc(Cl)ccc1C(F)(F)F.O=CCn1nc(-c2ccc(Cl)cc2)n(Cc2ccccc2F)c1=O. The zero-order chi connectivity index (χ0) is 27.9. The molecule has 0 aliphatic heterocycles. The Hall–Kier alpha value is -3.47. The van der Waals surface area contributed by atoms with Gasteiger partial charge in [-0.15, -0.1) is 5.10 Å². The Morgan fingerprint density at radius 2 is 1.63 bits per heavy atom. The number of nitrogens with zero attached hydrogens (tertiary/aromatic N) is 3. The number of carbonyl (C=O) groups is 1. The molecule has 1 aromatic heterocycles. The van der Waals surface area contributed by atoms with Crippen molar-refractivity contribution in [3.63, 3.8) is 0 Å². The molecule has 38 heavy (non-hydrogen) atoms. The first kappa shape index (κ1) is 29.1. The second kappa shape index (κ2) is 12.9. The largest absolute Gasteiger partial charge is 0.416 e. The monoisotopic (exact) mass is 568 g/mol. The number of nitrogens with one attached hydrogen (secondary N) is 1. The van der Waals surface area contributed by atoms with E-state index in [1.807, 2.05) is 0 Å². The fourth-order valence-electron chi connectivity index (χ4n) is 3.56. The molecule has 0 saturated heterocycles. The molecule has 4 aromatic rings. The fraction of sp³-hybridized carbons (Fsp3) is 0.192. The molecule has 0 atom stereocenters. The van der Waals surface area contributed by atoms with Gasteiger partial charge in [-0.25, -0.2) is 13.9 Å². The average Bonchev–Trinajstić information content (AvgIpc) is 3.16. The second-order valence-corrected chi connectivity index (χ2v) is 8.84. The van der Waals surface area contributed by atoms with Crippen molar-refractivity contribution >= 4 is 29.5 Å². The topological polar surface area (TPSA) is 68.9 Å². The van der Waals surface area contributed by atoms with Crippen molar-refractivity contribution in [2.75, 3.05) is 7.05 Å². The highest BCUT2D eigenvalue weighted by molar-refractivity contribution is 6.30. The fourth-order valence-corrected chi connectivity index (χ4v) is 3.88. The number of rotatable bonds is 7. The first-order chi connectivity index (χ1) is 18.0. The van der Waals surface area contributed by atoms with Crippen LogP contribution in [0.1, 0.15) is 16.7 Å². The van der Waals surface area contributed by atoms with E-state index in [9.17, 15) is 27.2 Å². The van der Waals surface area contributed by atoms with Gasteiger partial charge >= 0.3 is 11.9 Å². The van der Waals surface area contributed by atoms with Crippen LogP contribution in [-0.2, 0) is 30.6 Å². The Bertz CT molecular complexity index is 1450. The molecule has 0 radical (unpaired) electrons. The zero-order valence-corrected chi connectivity index (χ0v) is 21.5. The molecule has 1 heterocycles. The van der Waals surface area contributed by atoms with Crippen molar-refractivity contribution < 1.29 is 22.4 Å². The molecule has 0 amide bonds. The van der Waals surface area contributed by atoms with Gasteiger partial charge in [-0.1, -0.05) is 41.4 Å². The van der Waals surface area contributed by atoms with Crippen molar-refractivity contribution in [3.05, 3.63) is 110 Å². The number of aldehydes is 1. The van der Waals surface area contributed by atoms with Crippen LogP contribution in [0.25, 0.3) is 11.4 Å². The van der Waals surface area contributed by atoms with Crippen molar-refractivity contribution in [3.8, 4) is 11.4 Å². The summed E-state index contributed by atoms with van der Waals surface area (Å²) in [6, 6.07) is 16.5. The van der Waals surface area contributed by atoms with Crippen molar-refractivity contribution in [1.82, 2.24) is 19.7 Å². The van der Waals surface area contributed by atoms with E-state index in [1.54, 1.807) is 49.5 Å². The van der Waals surface area contributed by atoms with E-state index in [2.05, 4.69) is 10.4 Å². The van der Waals surface area contributed by atoms with Crippen LogP contribution >= 0.6 is 23.2 Å². The van der Waals surface area contributed by atoms with Gasteiger partial charge in [0.05, 0.1) is 12.1 Å². The van der Waals surface area contributed by atoms with E-state index < -0.39 is 23.2 Å². The van der Waals surface area contributed by atoms with E-state index in [-0.39, 0.29) is 25.2 Å². The predicted octanol–water partition coefficient (Wildman–Crippen LogP) is 5.83. The Morgan fingerprint density at radius 1 is 0.974 bits per heavy atom. The van der Waals surface area contributed by atoms with E-state index in [0.29, 0.717) is 33.3 Å². The lowest BCUT2D eigenvalue weighted by Gasteiger charge is -2.12. The van der Waals surface area contributed by atoms with Gasteiger partial charge in [0.2, 0.25) is 0 Å². The van der Waals surface area contributed by atoms with Gasteiger partial charge in [0.1, 0.15) is 18.6 Å². The van der Waals surface area contributed by atoms with Gasteiger partial charge in [0, 0.05) is 27.7 Å². The quantitative estimate of drug-likeness (QED) is 0.225. The Kier molecular flexibility index (Phi) is 9.84. The number of aromatic nitrogens is 3. The number of hydrogen-bond acceptors (Lipinski definition) is 4. The first-order valence-corrected chi connectivity index (χ1v) is 11.9. The number of halogens is 6. The molecule has 0 spiro atoms. The van der Waals surface area contributed by atoms with Gasteiger partial charge in [0.25, 0.3) is 0 Å². The summed E-state index contributed by atoms with van der Waals surface area (Å²) in [6.45, 7) is 0.00141. The maximum atomic E-state index is 13.9. The average molecular weight is 569 g/mol. The highest BCUT2D eigenvalue weighted by Crippen LogP contribution is 2.33. The van der Waals surface area contributed by atoms with E-state index in [0.717, 1.165) is 10.7 Å². The Morgan fingerprint density at radius 3 is 2.24 bits per heavy atom. The molecular formula is C26H22Cl2F4N4O2. The molecule has 0 unspecified atom stereocenters. The summed E-state index contributed by atoms with van der Waals surface area (Å²) in [4.78, 5) is 23.2. The summed E-state index contributed by atoms with van der Waals surface area (Å²) in [6.07, 6.45) is -3.73. The predicted molar refractivity (Wildman–Crippen MR) is 138 cm³/mol. The highest BCUT2D eigenvalue weighted by Gasteiger charge is 2.32. The van der Waals surface area contributed by atoms with Gasteiger partial charge in [-0.3, -0.25) is 4.57 Å². The molecule has 0 aliphatic rings. The maximum absolute atomic E-state index is 13.9. The molecule has 0 bridgehead atoms. The van der Waals surface area contributed by atoms with Crippen molar-refractivity contribution in [1.29, 1.82) is 0 Å². The Balaban J connectivity index is 0.000000244. The molecule has 200 valence electrons. The van der Waals surface area contributed by atoms with Crippen molar-refractivity contribution in [2.45, 2.75) is 25.8 Å². The van der Waals surface area contributed by atoms with Crippen molar-refractivity contribution in [2.24, 2.45) is 0 Å². The molecule has 1 N–H and O–H groups in total. The maximum Gasteiger partial charge on any atom is 0.416 e. The third-order valence-corrected chi connectivity index (χ3v) is 5.79. The van der Waals surface area contributed by atoms with E-state index in [4.69, 9.17) is 23.2 Å². The molecular weight excluding hydrogens is 547 g/mol. The summed E-state index contributed by atoms with van der Waals surface area (Å²) in [5, 5.41) is 7.72. The Labute approximate surface area is 225 Å². The van der Waals surface area contributed by atoms with Crippen LogP contribution in [0.3, 0.4) is 0 Å². The third kappa shape index (κ3) is 7.31. The molecule has 6 nitrogen and oxygen atoms in total. The standard InChI is InChI=1S/C17H13ClFN3O2.C9H9ClF3N/c18-14-7-5-12(6-8-14)16-20-22(9-10-23)17(24)21(16)11-13-3-1-2-4-15(13)19;1-14-5-6-4-7(10)2-3-8(6)9(11,12)13/h1-8,10H,9,11H2;2-4,14H,5H2,1H3. The lowest BCUT2D eigenvalue weighted by Crippen LogP contribution is -2.26. The smallest absolute Gasteiger partial charge is 0.316 e. The van der Waals surface area contributed by atoms with Gasteiger partial charge in [0.15, 0.2) is 5.82 Å². The first-order valence-electron chi connectivity index (χ1n) is 11.2. The minimum atomic E-state index is -4.32. The second-order valence-electron chi connectivity index (χ2n) is 7.97. The molecule has 0 aliphatic carbocycles. The minimum Gasteiger partial charge on any atom is -0.316 e. The molecule has 3 aromatic carbocycles. The summed E-state index contributed by atoms with van der Waals surface area (Å²) < 4.78 is 53.6. The van der Waals surface area contributed by atoms with Gasteiger partial charge in [-0.05, 0) is 61.1 Å². The van der Waals surface area contributed by atoms with E-state index >= 15 is 0 Å². The number of benzene rings is 3. The summed E-state index contributed by atoms with van der Waals surface area (Å²) in [5.41, 5.74) is 0.0528. The van der Waals surface area contributed by atoms with Crippen LogP contribution in [0, 0.1) is 5.82 Å². The lowest BCUT2D eigenvalue weighted by molar-refractivity contribution is -0.138. The van der Waals surface area contributed by atoms with Gasteiger partial charge in [-0.2, -0.15) is 13.2 Å². The highest BCUT2D eigenvalue weighted by atomic mass is 35.5. The van der Waals surface area contributed by atoms with E-state index in [1.165, 1.54) is 22.8 Å². The lowest BCUT2D eigenvalue weighted by atomic mass is 10.1. The molecule has 4 rings (SSSR count). The van der Waals surface area contributed by atoms with Crippen LogP contribution in [-0.4, -0.2) is 27.7 Å². The number of alkyl halides is 3. The van der Waals surface area contributed by atoms with Crippen LogP contribution in [0.4, 0.5) is 17.6 Å². The van der Waals surface area contributed by atoms with Crippen LogP contribution in [0.15, 0.2) is 71.5 Å². The normalized spacial score (nSPS) is 11.1. The minimum absolute atomic E-state index is 0.0162. The molecule has 12 heteroatoms. The molecule has 0 fully saturated rings. The number of carbonyl (C=O) groups excluding carboxylic acids is 1. The summed E-state index contributed by atoms with van der Waals surface area (Å²) in [5.74, 6) is -0.0589. The number of hydrogen-bond donors (Lipinski definition) is 1. The third-order valence-electron chi connectivity index (χ3n) is 5.30. The van der Waals surface area contributed by atoms with Gasteiger partial charge < -0.3 is 10.1 Å². The molecule has 0 saturated carbocycles. The zero-order valence-electron chi connectivity index (χ0n) is 20.0.